The minimum absolute atomic E-state index is 0.447. The van der Waals surface area contributed by atoms with E-state index in [0.29, 0.717) is 12.0 Å². The number of nitrogens with zero attached hydrogens (tertiary/aromatic N) is 4. The molecule has 1 saturated carbocycles. The van der Waals surface area contributed by atoms with Crippen LogP contribution >= 0.6 is 0 Å². The molecule has 0 radical (unpaired) electrons. The van der Waals surface area contributed by atoms with Gasteiger partial charge in [0.2, 0.25) is 0 Å². The second-order valence-corrected chi connectivity index (χ2v) is 6.83. The van der Waals surface area contributed by atoms with E-state index in [0.717, 1.165) is 23.9 Å². The molecule has 0 amide bonds. The summed E-state index contributed by atoms with van der Waals surface area (Å²) in [5.74, 6) is 1.73. The van der Waals surface area contributed by atoms with E-state index in [9.17, 15) is 0 Å². The largest absolute Gasteiger partial charge is 0.356 e. The van der Waals surface area contributed by atoms with Gasteiger partial charge in [-0.15, -0.1) is 0 Å². The van der Waals surface area contributed by atoms with Gasteiger partial charge in [0.25, 0.3) is 0 Å². The highest BCUT2D eigenvalue weighted by molar-refractivity contribution is 5.79. The third kappa shape index (κ3) is 4.38. The highest BCUT2D eigenvalue weighted by Crippen LogP contribution is 2.40. The van der Waals surface area contributed by atoms with E-state index in [-0.39, 0.29) is 0 Å². The van der Waals surface area contributed by atoms with Gasteiger partial charge in [-0.2, -0.15) is 0 Å². The van der Waals surface area contributed by atoms with Gasteiger partial charge in [-0.1, -0.05) is 19.8 Å². The Kier molecular flexibility index (Phi) is 5.68. The van der Waals surface area contributed by atoms with Crippen molar-refractivity contribution < 1.29 is 0 Å². The van der Waals surface area contributed by atoms with Crippen LogP contribution in [-0.4, -0.2) is 34.1 Å². The maximum Gasteiger partial charge on any atom is 0.191 e. The number of guanidine groups is 1. The van der Waals surface area contributed by atoms with Crippen molar-refractivity contribution in [3.63, 3.8) is 0 Å². The van der Waals surface area contributed by atoms with Crippen molar-refractivity contribution >= 4 is 5.96 Å². The first-order valence-electron chi connectivity index (χ1n) is 9.12. The zero-order valence-corrected chi connectivity index (χ0v) is 15.2. The zero-order chi connectivity index (χ0) is 17.5. The maximum absolute atomic E-state index is 4.39. The number of pyridine rings is 1. The lowest BCUT2D eigenvalue weighted by Gasteiger charge is -2.28. The number of aromatic nitrogens is 3. The molecule has 1 fully saturated rings. The molecular weight excluding hydrogens is 312 g/mol. The van der Waals surface area contributed by atoms with Crippen LogP contribution in [0.3, 0.4) is 0 Å². The fourth-order valence-electron chi connectivity index (χ4n) is 3.56. The first-order valence-corrected chi connectivity index (χ1v) is 9.12. The molecule has 134 valence electrons. The third-order valence-electron chi connectivity index (χ3n) is 5.31. The van der Waals surface area contributed by atoms with Crippen LogP contribution in [0.25, 0.3) is 5.82 Å². The summed E-state index contributed by atoms with van der Waals surface area (Å²) in [6.07, 6.45) is 13.8. The Labute approximate surface area is 149 Å². The average molecular weight is 340 g/mol. The number of hydrogen-bond acceptors (Lipinski definition) is 3. The van der Waals surface area contributed by atoms with Crippen LogP contribution in [0.15, 0.2) is 42.0 Å². The molecule has 0 spiro atoms. The molecule has 2 heterocycles. The Morgan fingerprint density at radius 3 is 2.80 bits per heavy atom. The maximum atomic E-state index is 4.39. The highest BCUT2D eigenvalue weighted by atomic mass is 15.2. The minimum atomic E-state index is 0.447. The normalized spacial score (nSPS) is 16.8. The zero-order valence-electron chi connectivity index (χ0n) is 15.2. The predicted octanol–water partition coefficient (Wildman–Crippen LogP) is 2.90. The van der Waals surface area contributed by atoms with Gasteiger partial charge in [0.15, 0.2) is 5.96 Å². The summed E-state index contributed by atoms with van der Waals surface area (Å²) < 4.78 is 1.90. The van der Waals surface area contributed by atoms with Gasteiger partial charge in [-0.05, 0) is 42.4 Å². The van der Waals surface area contributed by atoms with E-state index in [4.69, 9.17) is 0 Å². The van der Waals surface area contributed by atoms with Crippen molar-refractivity contribution in [3.05, 3.63) is 42.6 Å². The molecule has 1 aliphatic rings. The van der Waals surface area contributed by atoms with E-state index >= 15 is 0 Å². The van der Waals surface area contributed by atoms with E-state index in [2.05, 4.69) is 38.6 Å². The lowest BCUT2D eigenvalue weighted by molar-refractivity contribution is 0.283. The molecule has 3 rings (SSSR count). The standard InChI is InChI=1S/C19H28N6/c1-3-19(7-4-5-8-19)14-24-18(20-2)23-13-16-6-9-22-17(12-16)25-11-10-21-15-25/h6,9-12,15H,3-5,7-8,13-14H2,1-2H3,(H2,20,23,24). The third-order valence-corrected chi connectivity index (χ3v) is 5.31. The number of hydrogen-bond donors (Lipinski definition) is 2. The Morgan fingerprint density at radius 1 is 1.28 bits per heavy atom. The minimum Gasteiger partial charge on any atom is -0.356 e. The number of rotatable bonds is 6. The van der Waals surface area contributed by atoms with Gasteiger partial charge in [-0.3, -0.25) is 9.56 Å². The summed E-state index contributed by atoms with van der Waals surface area (Å²) >= 11 is 0. The monoisotopic (exact) mass is 340 g/mol. The summed E-state index contributed by atoms with van der Waals surface area (Å²) in [7, 11) is 1.83. The van der Waals surface area contributed by atoms with E-state index in [1.165, 1.54) is 32.1 Å². The topological polar surface area (TPSA) is 67.1 Å². The summed E-state index contributed by atoms with van der Waals surface area (Å²) in [5, 5.41) is 6.93. The van der Waals surface area contributed by atoms with Gasteiger partial charge in [0.05, 0.1) is 0 Å². The van der Waals surface area contributed by atoms with Gasteiger partial charge in [0.1, 0.15) is 12.1 Å². The second kappa shape index (κ2) is 8.14. The van der Waals surface area contributed by atoms with Gasteiger partial charge in [0, 0.05) is 38.7 Å². The van der Waals surface area contributed by atoms with Crippen molar-refractivity contribution in [3.8, 4) is 5.82 Å². The molecule has 2 aromatic rings. The van der Waals surface area contributed by atoms with Crippen LogP contribution in [-0.2, 0) is 6.54 Å². The molecule has 0 saturated heterocycles. The molecule has 1 aliphatic carbocycles. The molecular formula is C19H28N6. The molecule has 0 atom stereocenters. The number of aliphatic imine (C=N–C) groups is 1. The van der Waals surface area contributed by atoms with Gasteiger partial charge < -0.3 is 10.6 Å². The first-order chi connectivity index (χ1) is 12.2. The smallest absolute Gasteiger partial charge is 0.191 e. The van der Waals surface area contributed by atoms with Crippen molar-refractivity contribution in [2.24, 2.45) is 10.4 Å². The van der Waals surface area contributed by atoms with Crippen LogP contribution < -0.4 is 10.6 Å². The van der Waals surface area contributed by atoms with Crippen molar-refractivity contribution in [2.75, 3.05) is 13.6 Å². The quantitative estimate of drug-likeness (QED) is 0.627. The molecule has 6 heteroatoms. The SMILES string of the molecule is CCC1(CNC(=NC)NCc2ccnc(-n3ccnc3)c2)CCCC1. The number of imidazole rings is 1. The van der Waals surface area contributed by atoms with Crippen LogP contribution in [0.2, 0.25) is 0 Å². The first kappa shape index (κ1) is 17.5. The van der Waals surface area contributed by atoms with E-state index in [1.807, 2.05) is 30.1 Å². The van der Waals surface area contributed by atoms with Crippen molar-refractivity contribution in [1.82, 2.24) is 25.2 Å². The molecule has 25 heavy (non-hydrogen) atoms. The molecule has 0 bridgehead atoms. The summed E-state index contributed by atoms with van der Waals surface area (Å²) in [6, 6.07) is 4.08. The molecule has 0 aromatic carbocycles. The summed E-state index contributed by atoms with van der Waals surface area (Å²) in [5.41, 5.74) is 1.61. The van der Waals surface area contributed by atoms with Crippen LogP contribution in [0, 0.1) is 5.41 Å². The van der Waals surface area contributed by atoms with E-state index < -0.39 is 0 Å². The Morgan fingerprint density at radius 2 is 2.12 bits per heavy atom. The Balaban J connectivity index is 1.55. The average Bonchev–Trinajstić information content (AvgIpc) is 3.35. The second-order valence-electron chi connectivity index (χ2n) is 6.83. The van der Waals surface area contributed by atoms with Crippen LogP contribution in [0.4, 0.5) is 0 Å². The molecule has 2 aromatic heterocycles. The highest BCUT2D eigenvalue weighted by Gasteiger charge is 2.31. The number of nitrogens with one attached hydrogen (secondary N) is 2. The Bertz CT molecular complexity index is 686. The lowest BCUT2D eigenvalue weighted by atomic mass is 9.83. The van der Waals surface area contributed by atoms with Gasteiger partial charge in [-0.25, -0.2) is 9.97 Å². The van der Waals surface area contributed by atoms with Crippen molar-refractivity contribution in [1.29, 1.82) is 0 Å². The van der Waals surface area contributed by atoms with Crippen LogP contribution in [0.5, 0.6) is 0 Å². The lowest BCUT2D eigenvalue weighted by Crippen LogP contribution is -2.42. The fraction of sp³-hybridized carbons (Fsp3) is 0.526. The molecule has 6 nitrogen and oxygen atoms in total. The Hall–Kier alpha value is -2.37. The summed E-state index contributed by atoms with van der Waals surface area (Å²) in [6.45, 7) is 4.01. The molecule has 0 unspecified atom stereocenters. The van der Waals surface area contributed by atoms with Gasteiger partial charge >= 0.3 is 0 Å². The molecule has 2 N–H and O–H groups in total. The van der Waals surface area contributed by atoms with Crippen LogP contribution in [0.1, 0.15) is 44.6 Å². The fourth-order valence-corrected chi connectivity index (χ4v) is 3.56. The van der Waals surface area contributed by atoms with E-state index in [1.54, 1.807) is 12.5 Å². The van der Waals surface area contributed by atoms with Crippen molar-refractivity contribution in [2.45, 2.75) is 45.6 Å². The summed E-state index contributed by atoms with van der Waals surface area (Å²) in [4.78, 5) is 12.8. The molecule has 0 aliphatic heterocycles. The predicted molar refractivity (Wildman–Crippen MR) is 101 cm³/mol.